The molecule has 0 unspecified atom stereocenters. The van der Waals surface area contributed by atoms with Crippen LogP contribution in [0.3, 0.4) is 0 Å². The van der Waals surface area contributed by atoms with Gasteiger partial charge in [-0.15, -0.1) is 0 Å². The summed E-state index contributed by atoms with van der Waals surface area (Å²) in [7, 11) is 0. The van der Waals surface area contributed by atoms with Gasteiger partial charge in [-0.25, -0.2) is 0 Å². The number of hydrogen-bond acceptors (Lipinski definition) is 2. The molecule has 0 atom stereocenters. The average Bonchev–Trinajstić information content (AvgIpc) is 2.92. The number of rotatable bonds is 0. The fourth-order valence-corrected chi connectivity index (χ4v) is 3.40. The van der Waals surface area contributed by atoms with Crippen LogP contribution in [0.1, 0.15) is 0 Å². The molecule has 0 spiro atoms. The smallest absolute Gasteiger partial charge is 0.186 e. The Morgan fingerprint density at radius 3 is 2.22 bits per heavy atom. The first-order valence-corrected chi connectivity index (χ1v) is 7.59. The second-order valence-electron chi connectivity index (χ2n) is 5.75. The van der Waals surface area contributed by atoms with Gasteiger partial charge in [0.1, 0.15) is 11.2 Å². The SMILES string of the molecule is O=c1ccc2c(oc3ccc4ccccc4c32)c2ccccc12. The highest BCUT2D eigenvalue weighted by molar-refractivity contribution is 6.22. The van der Waals surface area contributed by atoms with E-state index in [1.54, 1.807) is 6.07 Å². The van der Waals surface area contributed by atoms with Gasteiger partial charge >= 0.3 is 0 Å². The molecule has 5 rings (SSSR count). The molecule has 0 bridgehead atoms. The maximum Gasteiger partial charge on any atom is 0.186 e. The van der Waals surface area contributed by atoms with Crippen LogP contribution in [0, 0.1) is 0 Å². The van der Waals surface area contributed by atoms with Gasteiger partial charge in [-0.1, -0.05) is 54.6 Å². The molecule has 4 aromatic carbocycles. The van der Waals surface area contributed by atoms with Crippen molar-refractivity contribution < 1.29 is 4.42 Å². The van der Waals surface area contributed by atoms with E-state index in [1.165, 1.54) is 5.39 Å². The fourth-order valence-electron chi connectivity index (χ4n) is 3.40. The van der Waals surface area contributed by atoms with Crippen molar-refractivity contribution >= 4 is 43.5 Å². The number of furan rings is 1. The second-order valence-corrected chi connectivity index (χ2v) is 5.75. The van der Waals surface area contributed by atoms with E-state index in [-0.39, 0.29) is 5.43 Å². The van der Waals surface area contributed by atoms with E-state index < -0.39 is 0 Å². The molecule has 108 valence electrons. The molecular formula is C21H12O2. The molecule has 5 aromatic rings. The normalized spacial score (nSPS) is 11.7. The van der Waals surface area contributed by atoms with Crippen LogP contribution in [0.4, 0.5) is 0 Å². The predicted octanol–water partition coefficient (Wildman–Crippen LogP) is 5.25. The molecule has 0 aliphatic rings. The van der Waals surface area contributed by atoms with Gasteiger partial charge in [-0.3, -0.25) is 4.79 Å². The van der Waals surface area contributed by atoms with Gasteiger partial charge in [0.25, 0.3) is 0 Å². The lowest BCUT2D eigenvalue weighted by Crippen LogP contribution is -1.93. The third-order valence-corrected chi connectivity index (χ3v) is 4.46. The van der Waals surface area contributed by atoms with Crippen molar-refractivity contribution in [2.75, 3.05) is 0 Å². The van der Waals surface area contributed by atoms with Crippen LogP contribution in [0.25, 0.3) is 43.5 Å². The number of hydrogen-bond donors (Lipinski definition) is 0. The summed E-state index contributed by atoms with van der Waals surface area (Å²) in [5.74, 6) is 0. The van der Waals surface area contributed by atoms with Gasteiger partial charge in [0, 0.05) is 21.5 Å². The van der Waals surface area contributed by atoms with Crippen molar-refractivity contribution in [3.8, 4) is 0 Å². The maximum absolute atomic E-state index is 12.3. The topological polar surface area (TPSA) is 30.2 Å². The molecule has 0 N–H and O–H groups in total. The minimum Gasteiger partial charge on any atom is -0.455 e. The van der Waals surface area contributed by atoms with Crippen molar-refractivity contribution in [3.63, 3.8) is 0 Å². The summed E-state index contributed by atoms with van der Waals surface area (Å²) in [4.78, 5) is 12.3. The Balaban J connectivity index is 2.17. The third-order valence-electron chi connectivity index (χ3n) is 4.46. The summed E-state index contributed by atoms with van der Waals surface area (Å²) in [5, 5.41) is 5.91. The van der Waals surface area contributed by atoms with E-state index in [4.69, 9.17) is 4.42 Å². The molecule has 0 aliphatic heterocycles. The van der Waals surface area contributed by atoms with Crippen molar-refractivity contribution in [1.29, 1.82) is 0 Å². The molecular weight excluding hydrogens is 284 g/mol. The lowest BCUT2D eigenvalue weighted by Gasteiger charge is -1.97. The van der Waals surface area contributed by atoms with Crippen LogP contribution in [0.2, 0.25) is 0 Å². The summed E-state index contributed by atoms with van der Waals surface area (Å²) >= 11 is 0. The van der Waals surface area contributed by atoms with Crippen molar-refractivity contribution in [3.05, 3.63) is 83.0 Å². The van der Waals surface area contributed by atoms with E-state index in [0.29, 0.717) is 5.39 Å². The summed E-state index contributed by atoms with van der Waals surface area (Å²) in [6.45, 7) is 0. The zero-order chi connectivity index (χ0) is 15.4. The highest BCUT2D eigenvalue weighted by Crippen LogP contribution is 2.36. The van der Waals surface area contributed by atoms with E-state index in [9.17, 15) is 4.79 Å². The van der Waals surface area contributed by atoms with E-state index in [2.05, 4.69) is 18.2 Å². The minimum absolute atomic E-state index is 0.0142. The first-order chi connectivity index (χ1) is 11.3. The van der Waals surface area contributed by atoms with Crippen molar-refractivity contribution in [1.82, 2.24) is 0 Å². The van der Waals surface area contributed by atoms with Crippen LogP contribution in [0.5, 0.6) is 0 Å². The van der Waals surface area contributed by atoms with Gasteiger partial charge in [-0.2, -0.15) is 0 Å². The lowest BCUT2D eigenvalue weighted by molar-refractivity contribution is 0.673. The predicted molar refractivity (Wildman–Crippen MR) is 95.0 cm³/mol. The summed E-state index contributed by atoms with van der Waals surface area (Å²) in [5.41, 5.74) is 1.64. The molecule has 0 radical (unpaired) electrons. The average molecular weight is 296 g/mol. The molecule has 1 heterocycles. The zero-order valence-electron chi connectivity index (χ0n) is 12.2. The van der Waals surface area contributed by atoms with Gasteiger partial charge in [-0.05, 0) is 29.0 Å². The summed E-state index contributed by atoms with van der Waals surface area (Å²) in [6.07, 6.45) is 0. The Morgan fingerprint density at radius 2 is 1.35 bits per heavy atom. The van der Waals surface area contributed by atoms with Gasteiger partial charge in [0.05, 0.1) is 0 Å². The first-order valence-electron chi connectivity index (χ1n) is 7.59. The Hall–Kier alpha value is -3.13. The minimum atomic E-state index is 0.0142. The molecule has 0 saturated carbocycles. The quantitative estimate of drug-likeness (QED) is 0.390. The molecule has 0 saturated heterocycles. The fraction of sp³-hybridized carbons (Fsp3) is 0. The lowest BCUT2D eigenvalue weighted by atomic mass is 10.0. The van der Waals surface area contributed by atoms with Crippen LogP contribution in [-0.4, -0.2) is 0 Å². The Labute approximate surface area is 131 Å². The highest BCUT2D eigenvalue weighted by Gasteiger charge is 2.12. The Morgan fingerprint density at radius 1 is 0.609 bits per heavy atom. The van der Waals surface area contributed by atoms with Crippen LogP contribution in [0.15, 0.2) is 82.0 Å². The standard InChI is InChI=1S/C21H12O2/c22-18-11-10-17-20-14-6-2-1-5-13(14)9-12-19(20)23-21(17)16-8-4-3-7-15(16)18/h1-12H. The summed E-state index contributed by atoms with van der Waals surface area (Å²) in [6, 6.07) is 23.5. The van der Waals surface area contributed by atoms with E-state index >= 15 is 0 Å². The van der Waals surface area contributed by atoms with Crippen LogP contribution >= 0.6 is 0 Å². The molecule has 1 aromatic heterocycles. The van der Waals surface area contributed by atoms with E-state index in [0.717, 1.165) is 32.7 Å². The largest absolute Gasteiger partial charge is 0.455 e. The van der Waals surface area contributed by atoms with Crippen molar-refractivity contribution in [2.45, 2.75) is 0 Å². The first kappa shape index (κ1) is 12.4. The monoisotopic (exact) mass is 296 g/mol. The van der Waals surface area contributed by atoms with Crippen molar-refractivity contribution in [2.24, 2.45) is 0 Å². The molecule has 0 aliphatic carbocycles. The Bertz CT molecular complexity index is 1280. The summed E-state index contributed by atoms with van der Waals surface area (Å²) < 4.78 is 6.15. The molecule has 2 nitrogen and oxygen atoms in total. The van der Waals surface area contributed by atoms with Crippen LogP contribution < -0.4 is 5.43 Å². The third kappa shape index (κ3) is 1.66. The molecule has 23 heavy (non-hydrogen) atoms. The zero-order valence-corrected chi connectivity index (χ0v) is 12.2. The molecule has 0 amide bonds. The Kier molecular flexibility index (Phi) is 2.39. The molecule has 0 fully saturated rings. The highest BCUT2D eigenvalue weighted by atomic mass is 16.3. The van der Waals surface area contributed by atoms with Gasteiger partial charge in [0.15, 0.2) is 5.43 Å². The molecule has 2 heteroatoms. The number of benzene rings is 3. The second kappa shape index (κ2) is 4.43. The van der Waals surface area contributed by atoms with Gasteiger partial charge < -0.3 is 4.42 Å². The maximum atomic E-state index is 12.3. The van der Waals surface area contributed by atoms with E-state index in [1.807, 2.05) is 48.5 Å². The van der Waals surface area contributed by atoms with Crippen LogP contribution in [-0.2, 0) is 0 Å². The number of fused-ring (bicyclic) bond motifs is 7. The van der Waals surface area contributed by atoms with Gasteiger partial charge in [0.2, 0.25) is 0 Å².